The zero-order valence-corrected chi connectivity index (χ0v) is 16.0. The van der Waals surface area contributed by atoms with Crippen LogP contribution in [0.3, 0.4) is 0 Å². The molecule has 0 aliphatic carbocycles. The molecule has 0 radical (unpaired) electrons. The lowest BCUT2D eigenvalue weighted by atomic mass is 10.1. The number of primary amides is 1. The number of carbonyl (C=O) groups excluding carboxylic acids is 1. The number of nitrogens with one attached hydrogen (secondary N) is 1. The highest BCUT2D eigenvalue weighted by atomic mass is 16.3. The van der Waals surface area contributed by atoms with Gasteiger partial charge in [-0.25, -0.2) is 4.99 Å². The minimum absolute atomic E-state index is 0.0711. The Hall–Kier alpha value is -3.94. The highest BCUT2D eigenvalue weighted by Crippen LogP contribution is 2.47. The van der Waals surface area contributed by atoms with E-state index in [2.05, 4.69) is 10.3 Å². The first-order valence-electron chi connectivity index (χ1n) is 8.97. The third-order valence-corrected chi connectivity index (χ3v) is 4.56. The van der Waals surface area contributed by atoms with Gasteiger partial charge in [0.05, 0.1) is 11.3 Å². The summed E-state index contributed by atoms with van der Waals surface area (Å²) in [5.74, 6) is -1.69. The lowest BCUT2D eigenvalue weighted by Crippen LogP contribution is -2.11. The molecule has 0 saturated carbocycles. The Kier molecular flexibility index (Phi) is 5.45. The van der Waals surface area contributed by atoms with Gasteiger partial charge in [-0.2, -0.15) is 0 Å². The number of aliphatic imine (C=N–C) groups is 1. The van der Waals surface area contributed by atoms with Crippen LogP contribution in [0.25, 0.3) is 0 Å². The zero-order valence-electron chi connectivity index (χ0n) is 16.0. The summed E-state index contributed by atoms with van der Waals surface area (Å²) in [5.41, 5.74) is 7.10. The second kappa shape index (κ2) is 7.97. The second-order valence-electron chi connectivity index (χ2n) is 6.40. The molecule has 0 aliphatic rings. The van der Waals surface area contributed by atoms with Crippen molar-refractivity contribution < 1.29 is 20.1 Å². The zero-order chi connectivity index (χ0) is 21.1. The third-order valence-electron chi connectivity index (χ3n) is 4.56. The van der Waals surface area contributed by atoms with E-state index >= 15 is 0 Å². The third kappa shape index (κ3) is 3.73. The molecule has 1 amide bonds. The molecular weight excluding hydrogens is 372 g/mol. The van der Waals surface area contributed by atoms with Crippen LogP contribution in [0.15, 0.2) is 53.5 Å². The van der Waals surface area contributed by atoms with Gasteiger partial charge in [-0.05, 0) is 24.1 Å². The number of hydrogen-bond donors (Lipinski definition) is 5. The summed E-state index contributed by atoms with van der Waals surface area (Å²) in [6.45, 7) is 1.93. The van der Waals surface area contributed by atoms with Crippen LogP contribution in [-0.4, -0.2) is 31.5 Å². The predicted octanol–water partition coefficient (Wildman–Crippen LogP) is 3.52. The fraction of sp³-hybridized carbons (Fsp3) is 0.143. The van der Waals surface area contributed by atoms with Crippen LogP contribution in [0.1, 0.15) is 29.3 Å². The maximum absolute atomic E-state index is 11.5. The Morgan fingerprint density at radius 1 is 1.07 bits per heavy atom. The highest BCUT2D eigenvalue weighted by Gasteiger charge is 2.23. The van der Waals surface area contributed by atoms with Gasteiger partial charge in [-0.15, -0.1) is 0 Å². The maximum Gasteiger partial charge on any atom is 0.252 e. The van der Waals surface area contributed by atoms with Crippen molar-refractivity contribution in [3.05, 3.63) is 59.7 Å². The van der Waals surface area contributed by atoms with E-state index in [1.54, 1.807) is 0 Å². The molecule has 0 spiro atoms. The van der Waals surface area contributed by atoms with Crippen molar-refractivity contribution >= 4 is 28.7 Å². The molecule has 8 heteroatoms. The summed E-state index contributed by atoms with van der Waals surface area (Å²) in [5, 5.41) is 34.2. The van der Waals surface area contributed by atoms with Crippen LogP contribution >= 0.6 is 0 Å². The van der Waals surface area contributed by atoms with Gasteiger partial charge in [0.25, 0.3) is 5.91 Å². The molecule has 0 bridgehead atoms. The van der Waals surface area contributed by atoms with Gasteiger partial charge in [0.1, 0.15) is 5.69 Å². The first-order valence-corrected chi connectivity index (χ1v) is 8.97. The summed E-state index contributed by atoms with van der Waals surface area (Å²) in [6.07, 6.45) is 0.584. The van der Waals surface area contributed by atoms with E-state index in [4.69, 9.17) is 5.73 Å². The Bertz CT molecular complexity index is 1090. The van der Waals surface area contributed by atoms with Gasteiger partial charge < -0.3 is 26.4 Å². The standard InChI is InChI=1S/C21H22N4O4/c1-3-14(12-8-5-4-6-9-12)23-16-17(21(29)25(2)20(16)28)24-15-11-7-10-13(18(15)26)19(22)27/h4-11,24,26,28-29H,3H2,1-2H3,(H2,22,27). The molecule has 6 N–H and O–H groups in total. The minimum Gasteiger partial charge on any atom is -0.505 e. The van der Waals surface area contributed by atoms with E-state index in [-0.39, 0.29) is 40.1 Å². The first-order chi connectivity index (χ1) is 13.8. The lowest BCUT2D eigenvalue weighted by molar-refractivity contribution is 0.0998. The summed E-state index contributed by atoms with van der Waals surface area (Å²) in [6, 6.07) is 13.9. The summed E-state index contributed by atoms with van der Waals surface area (Å²) in [7, 11) is 1.47. The topological polar surface area (TPSA) is 133 Å². The molecule has 0 saturated heterocycles. The maximum atomic E-state index is 11.5. The van der Waals surface area contributed by atoms with Gasteiger partial charge in [-0.1, -0.05) is 43.3 Å². The number of nitrogens with zero attached hydrogens (tertiary/aromatic N) is 2. The van der Waals surface area contributed by atoms with Crippen molar-refractivity contribution in [3.63, 3.8) is 0 Å². The van der Waals surface area contributed by atoms with Crippen molar-refractivity contribution in [1.82, 2.24) is 4.57 Å². The molecule has 1 heterocycles. The number of aromatic nitrogens is 1. The van der Waals surface area contributed by atoms with Crippen molar-refractivity contribution in [1.29, 1.82) is 0 Å². The minimum atomic E-state index is -0.790. The number of aromatic hydroxyl groups is 3. The van der Waals surface area contributed by atoms with Crippen LogP contribution in [0.4, 0.5) is 17.1 Å². The number of anilines is 2. The second-order valence-corrected chi connectivity index (χ2v) is 6.40. The normalized spacial score (nSPS) is 11.4. The molecule has 8 nitrogen and oxygen atoms in total. The summed E-state index contributed by atoms with van der Waals surface area (Å²) < 4.78 is 1.16. The monoisotopic (exact) mass is 394 g/mol. The average Bonchev–Trinajstić information content (AvgIpc) is 2.91. The number of benzene rings is 2. The van der Waals surface area contributed by atoms with Crippen molar-refractivity contribution in [2.75, 3.05) is 5.32 Å². The van der Waals surface area contributed by atoms with Gasteiger partial charge >= 0.3 is 0 Å². The van der Waals surface area contributed by atoms with Gasteiger partial charge in [0.2, 0.25) is 11.8 Å². The van der Waals surface area contributed by atoms with Crippen molar-refractivity contribution in [3.8, 4) is 17.5 Å². The fourth-order valence-electron chi connectivity index (χ4n) is 2.96. The van der Waals surface area contributed by atoms with Crippen LogP contribution in [0.5, 0.6) is 17.5 Å². The smallest absolute Gasteiger partial charge is 0.252 e. The Morgan fingerprint density at radius 3 is 2.38 bits per heavy atom. The van der Waals surface area contributed by atoms with E-state index in [9.17, 15) is 20.1 Å². The number of amides is 1. The molecule has 150 valence electrons. The van der Waals surface area contributed by atoms with E-state index in [0.29, 0.717) is 12.1 Å². The van der Waals surface area contributed by atoms with E-state index < -0.39 is 5.91 Å². The van der Waals surface area contributed by atoms with Gasteiger partial charge in [-0.3, -0.25) is 9.36 Å². The molecule has 2 aromatic carbocycles. The number of rotatable bonds is 6. The highest BCUT2D eigenvalue weighted by molar-refractivity contribution is 6.04. The molecule has 29 heavy (non-hydrogen) atoms. The number of phenols is 1. The average molecular weight is 394 g/mol. The Morgan fingerprint density at radius 2 is 1.76 bits per heavy atom. The molecular formula is C21H22N4O4. The predicted molar refractivity (Wildman–Crippen MR) is 112 cm³/mol. The fourth-order valence-corrected chi connectivity index (χ4v) is 2.96. The molecule has 0 unspecified atom stereocenters. The number of nitrogens with two attached hydrogens (primary N) is 1. The molecule has 1 aromatic heterocycles. The summed E-state index contributed by atoms with van der Waals surface area (Å²) >= 11 is 0. The number of hydrogen-bond acceptors (Lipinski definition) is 6. The molecule has 0 fully saturated rings. The van der Waals surface area contributed by atoms with Crippen LogP contribution in [-0.2, 0) is 7.05 Å². The van der Waals surface area contributed by atoms with Gasteiger partial charge in [0, 0.05) is 12.8 Å². The lowest BCUT2D eigenvalue weighted by Gasteiger charge is -2.11. The molecule has 3 rings (SSSR count). The Labute approximate surface area is 167 Å². The molecule has 3 aromatic rings. The number of para-hydroxylation sites is 1. The van der Waals surface area contributed by atoms with E-state index in [1.165, 1.54) is 25.2 Å². The van der Waals surface area contributed by atoms with Gasteiger partial charge in [0.15, 0.2) is 11.4 Å². The van der Waals surface area contributed by atoms with Crippen LogP contribution in [0.2, 0.25) is 0 Å². The van der Waals surface area contributed by atoms with E-state index in [1.807, 2.05) is 37.3 Å². The van der Waals surface area contributed by atoms with Crippen LogP contribution in [0, 0.1) is 0 Å². The molecule has 0 aliphatic heterocycles. The Balaban J connectivity index is 2.12. The van der Waals surface area contributed by atoms with Crippen molar-refractivity contribution in [2.24, 2.45) is 17.8 Å². The summed E-state index contributed by atoms with van der Waals surface area (Å²) in [4.78, 5) is 16.0. The number of carbonyl (C=O) groups is 1. The molecule has 0 atom stereocenters. The van der Waals surface area contributed by atoms with E-state index in [0.717, 1.165) is 10.1 Å². The van der Waals surface area contributed by atoms with Crippen LogP contribution < -0.4 is 11.1 Å². The SMILES string of the molecule is CCC(=Nc1c(Nc2cccc(C(N)=O)c2O)c(O)n(C)c1O)c1ccccc1. The van der Waals surface area contributed by atoms with Crippen molar-refractivity contribution in [2.45, 2.75) is 13.3 Å². The largest absolute Gasteiger partial charge is 0.505 e. The first kappa shape index (κ1) is 19.8. The quantitative estimate of drug-likeness (QED) is 0.322.